The average Bonchev–Trinajstić information content (AvgIpc) is 3.04. The van der Waals surface area contributed by atoms with Crippen molar-refractivity contribution in [2.24, 2.45) is 0 Å². The summed E-state index contributed by atoms with van der Waals surface area (Å²) in [5, 5.41) is 0. The summed E-state index contributed by atoms with van der Waals surface area (Å²) in [7, 11) is 2.84. The number of nitrogens with zero attached hydrogens (tertiary/aromatic N) is 2. The number of amides is 1. The van der Waals surface area contributed by atoms with E-state index in [9.17, 15) is 9.59 Å². The topological polar surface area (TPSA) is 78.0 Å². The predicted octanol–water partition coefficient (Wildman–Crippen LogP) is 1.41. The van der Waals surface area contributed by atoms with Gasteiger partial charge in [-0.15, -0.1) is 0 Å². The molecule has 1 amide bonds. The molecule has 0 aliphatic carbocycles. The van der Waals surface area contributed by atoms with Crippen molar-refractivity contribution >= 4 is 11.9 Å². The Bertz CT molecular complexity index is 635. The molecule has 0 radical (unpaired) electrons. The number of methoxy groups -OCH3 is 2. The lowest BCUT2D eigenvalue weighted by molar-refractivity contribution is -0.153. The number of carbonyl (C=O) groups excluding carboxylic acids is 2. The minimum absolute atomic E-state index is 0.0589. The van der Waals surface area contributed by atoms with Crippen molar-refractivity contribution in [3.05, 3.63) is 23.9 Å². The van der Waals surface area contributed by atoms with Gasteiger partial charge in [-0.05, 0) is 31.9 Å². The average molecular weight is 334 g/mol. The molecule has 1 aromatic heterocycles. The Morgan fingerprint density at radius 1 is 1.33 bits per heavy atom. The van der Waals surface area contributed by atoms with Crippen LogP contribution in [0.5, 0.6) is 5.88 Å². The van der Waals surface area contributed by atoms with Crippen LogP contribution >= 0.6 is 0 Å². The highest BCUT2D eigenvalue weighted by atomic mass is 16.6. The van der Waals surface area contributed by atoms with E-state index < -0.39 is 6.10 Å². The molecule has 7 nitrogen and oxygen atoms in total. The lowest BCUT2D eigenvalue weighted by Gasteiger charge is -2.41. The van der Waals surface area contributed by atoms with Crippen molar-refractivity contribution in [3.8, 4) is 5.88 Å². The smallest absolute Gasteiger partial charge is 0.335 e. The quantitative estimate of drug-likeness (QED) is 0.778. The molecule has 4 atom stereocenters. The molecule has 130 valence electrons. The van der Waals surface area contributed by atoms with Gasteiger partial charge in [0.05, 0.1) is 26.4 Å². The molecule has 0 saturated carbocycles. The van der Waals surface area contributed by atoms with Crippen molar-refractivity contribution in [2.75, 3.05) is 14.2 Å². The van der Waals surface area contributed by atoms with Gasteiger partial charge >= 0.3 is 5.97 Å². The van der Waals surface area contributed by atoms with Gasteiger partial charge in [-0.3, -0.25) is 4.79 Å². The number of pyridine rings is 1. The summed E-state index contributed by atoms with van der Waals surface area (Å²) < 4.78 is 15.8. The molecule has 3 heterocycles. The van der Waals surface area contributed by atoms with Gasteiger partial charge in [0.1, 0.15) is 5.56 Å². The molecule has 0 bridgehead atoms. The summed E-state index contributed by atoms with van der Waals surface area (Å²) in [6.07, 6.45) is 2.94. The highest BCUT2D eigenvalue weighted by Gasteiger charge is 2.48. The molecule has 1 aromatic rings. The molecule has 0 aromatic carbocycles. The molecule has 2 aliphatic rings. The fourth-order valence-corrected chi connectivity index (χ4v) is 3.64. The number of aromatic nitrogens is 1. The number of fused-ring (bicyclic) bond motifs is 1. The van der Waals surface area contributed by atoms with E-state index in [4.69, 9.17) is 14.2 Å². The maximum absolute atomic E-state index is 13.1. The predicted molar refractivity (Wildman–Crippen MR) is 84.7 cm³/mol. The fraction of sp³-hybridized carbons (Fsp3) is 0.588. The van der Waals surface area contributed by atoms with E-state index in [-0.39, 0.29) is 30.1 Å². The Balaban J connectivity index is 1.87. The van der Waals surface area contributed by atoms with Crippen LogP contribution in [-0.4, -0.2) is 60.3 Å². The summed E-state index contributed by atoms with van der Waals surface area (Å²) in [5.74, 6) is -0.222. The van der Waals surface area contributed by atoms with Crippen LogP contribution in [-0.2, 0) is 14.3 Å². The van der Waals surface area contributed by atoms with Crippen LogP contribution in [0.2, 0.25) is 0 Å². The summed E-state index contributed by atoms with van der Waals surface area (Å²) >= 11 is 0. The molecule has 0 unspecified atom stereocenters. The lowest BCUT2D eigenvalue weighted by Crippen LogP contribution is -2.53. The first-order chi connectivity index (χ1) is 11.6. The third-order valence-electron chi connectivity index (χ3n) is 4.82. The van der Waals surface area contributed by atoms with E-state index in [2.05, 4.69) is 4.98 Å². The summed E-state index contributed by atoms with van der Waals surface area (Å²) in [6.45, 7) is 2.02. The van der Waals surface area contributed by atoms with E-state index in [1.807, 2.05) is 11.8 Å². The molecule has 7 heteroatoms. The van der Waals surface area contributed by atoms with Crippen LogP contribution in [0.3, 0.4) is 0 Å². The standard InChI is InChI=1S/C17H22N2O5/c1-10-6-7-13-12(9-14(24-13)17(21)23-3)19(10)16(20)11-5-4-8-18-15(11)22-2/h4-5,8,10,12-14H,6-7,9H2,1-3H3/t10-,12+,13+,14-/m0/s1. The number of esters is 1. The number of rotatable bonds is 3. The molecule has 24 heavy (non-hydrogen) atoms. The zero-order valence-electron chi connectivity index (χ0n) is 14.1. The highest BCUT2D eigenvalue weighted by Crippen LogP contribution is 2.36. The van der Waals surface area contributed by atoms with Crippen LogP contribution in [0.25, 0.3) is 0 Å². The SMILES string of the molecule is COC(=O)[C@@H]1C[C@@H]2[C@@H](CC[C@H](C)N2C(=O)c2cccnc2OC)O1. The van der Waals surface area contributed by atoms with Crippen molar-refractivity contribution in [3.63, 3.8) is 0 Å². The molecule has 3 rings (SSSR count). The van der Waals surface area contributed by atoms with Gasteiger partial charge in [0.2, 0.25) is 5.88 Å². The maximum Gasteiger partial charge on any atom is 0.335 e. The normalized spacial score (nSPS) is 29.0. The van der Waals surface area contributed by atoms with E-state index in [1.54, 1.807) is 18.3 Å². The minimum atomic E-state index is -0.610. The first kappa shape index (κ1) is 16.7. The molecule has 2 aliphatic heterocycles. The lowest BCUT2D eigenvalue weighted by atomic mass is 9.92. The van der Waals surface area contributed by atoms with Gasteiger partial charge in [0, 0.05) is 18.7 Å². The maximum atomic E-state index is 13.1. The number of ether oxygens (including phenoxy) is 3. The monoisotopic (exact) mass is 334 g/mol. The van der Waals surface area contributed by atoms with Gasteiger partial charge in [-0.1, -0.05) is 0 Å². The second-order valence-corrected chi connectivity index (χ2v) is 6.19. The molecule has 0 spiro atoms. The van der Waals surface area contributed by atoms with Crippen LogP contribution in [0.15, 0.2) is 18.3 Å². The number of hydrogen-bond acceptors (Lipinski definition) is 6. The second-order valence-electron chi connectivity index (χ2n) is 6.19. The first-order valence-electron chi connectivity index (χ1n) is 8.11. The Morgan fingerprint density at radius 2 is 2.12 bits per heavy atom. The zero-order valence-corrected chi connectivity index (χ0v) is 14.1. The zero-order chi connectivity index (χ0) is 17.3. The van der Waals surface area contributed by atoms with E-state index in [1.165, 1.54) is 14.2 Å². The van der Waals surface area contributed by atoms with Gasteiger partial charge in [-0.2, -0.15) is 0 Å². The van der Waals surface area contributed by atoms with Gasteiger partial charge in [0.25, 0.3) is 5.91 Å². The van der Waals surface area contributed by atoms with E-state index in [0.717, 1.165) is 12.8 Å². The van der Waals surface area contributed by atoms with Crippen molar-refractivity contribution < 1.29 is 23.8 Å². The number of likely N-dealkylation sites (tertiary alicyclic amines) is 1. The largest absolute Gasteiger partial charge is 0.480 e. The number of carbonyl (C=O) groups is 2. The van der Waals surface area contributed by atoms with Gasteiger partial charge in [-0.25, -0.2) is 9.78 Å². The van der Waals surface area contributed by atoms with Crippen molar-refractivity contribution in [1.82, 2.24) is 9.88 Å². The Kier molecular flexibility index (Phi) is 4.71. The van der Waals surface area contributed by atoms with E-state index >= 15 is 0 Å². The van der Waals surface area contributed by atoms with Crippen molar-refractivity contribution in [1.29, 1.82) is 0 Å². The second kappa shape index (κ2) is 6.76. The first-order valence-corrected chi connectivity index (χ1v) is 8.11. The highest BCUT2D eigenvalue weighted by molar-refractivity contribution is 5.97. The molecular weight excluding hydrogens is 312 g/mol. The number of hydrogen-bond donors (Lipinski definition) is 0. The molecule has 2 fully saturated rings. The minimum Gasteiger partial charge on any atom is -0.480 e. The Hall–Kier alpha value is -2.15. The molecular formula is C17H22N2O5. The van der Waals surface area contributed by atoms with Crippen LogP contribution in [0.4, 0.5) is 0 Å². The molecule has 0 N–H and O–H groups in total. The Labute approximate surface area is 140 Å². The summed E-state index contributed by atoms with van der Waals surface area (Å²) in [6, 6.07) is 3.33. The molecule has 2 saturated heterocycles. The third kappa shape index (κ3) is 2.84. The van der Waals surface area contributed by atoms with Gasteiger partial charge in [0.15, 0.2) is 6.10 Å². The fourth-order valence-electron chi connectivity index (χ4n) is 3.64. The van der Waals surface area contributed by atoms with E-state index in [0.29, 0.717) is 17.9 Å². The summed E-state index contributed by atoms with van der Waals surface area (Å²) in [5.41, 5.74) is 0.425. The van der Waals surface area contributed by atoms with Crippen LogP contribution in [0, 0.1) is 0 Å². The number of piperidine rings is 1. The van der Waals surface area contributed by atoms with Gasteiger partial charge < -0.3 is 19.1 Å². The Morgan fingerprint density at radius 3 is 2.83 bits per heavy atom. The van der Waals surface area contributed by atoms with Crippen LogP contribution < -0.4 is 4.74 Å². The third-order valence-corrected chi connectivity index (χ3v) is 4.82. The van der Waals surface area contributed by atoms with Crippen LogP contribution in [0.1, 0.15) is 36.5 Å². The van der Waals surface area contributed by atoms with Crippen molar-refractivity contribution in [2.45, 2.75) is 50.5 Å². The summed E-state index contributed by atoms with van der Waals surface area (Å²) in [4.78, 5) is 30.8.